The molecule has 0 aromatic heterocycles. The van der Waals surface area contributed by atoms with Crippen LogP contribution in [-0.4, -0.2) is 23.9 Å². The molecule has 1 unspecified atom stereocenters. The molecule has 3 aromatic carbocycles. The third-order valence-electron chi connectivity index (χ3n) is 6.35. The lowest BCUT2D eigenvalue weighted by molar-refractivity contribution is -0.145. The van der Waals surface area contributed by atoms with Crippen LogP contribution in [-0.2, 0) is 33.7 Å². The summed E-state index contributed by atoms with van der Waals surface area (Å²) in [5.74, 6) is -0.0933. The first-order chi connectivity index (χ1) is 17.8. The molecule has 0 bridgehead atoms. The quantitative estimate of drug-likeness (QED) is 0.360. The molecule has 1 N–H and O–H groups in total. The van der Waals surface area contributed by atoms with Gasteiger partial charge in [-0.25, -0.2) is 4.79 Å². The highest BCUT2D eigenvalue weighted by Gasteiger charge is 2.45. The van der Waals surface area contributed by atoms with Crippen LogP contribution in [0.2, 0.25) is 0 Å². The SMILES string of the molecule is CC(C)(C)OC(=O)N[C@H]1OC(=O)[C@H](Cc2ccc(OCc3ccccc3)cc2)C1CCc1ccccc1. The molecule has 4 rings (SSSR count). The standard InChI is InChI=1S/C31H35NO5/c1-31(2,3)37-30(34)32-28-26(19-16-22-10-6-4-7-11-22)27(29(33)36-28)20-23-14-17-25(18-15-23)35-21-24-12-8-5-9-13-24/h4-15,17-18,26-28H,16,19-21H2,1-3H3,(H,32,34)/t26?,27-,28+/m1/s1. The van der Waals surface area contributed by atoms with Crippen LogP contribution >= 0.6 is 0 Å². The third-order valence-corrected chi connectivity index (χ3v) is 6.35. The number of benzene rings is 3. The van der Waals surface area contributed by atoms with Gasteiger partial charge in [-0.15, -0.1) is 0 Å². The number of carbonyl (C=O) groups excluding carboxylic acids is 2. The Morgan fingerprint density at radius 3 is 2.11 bits per heavy atom. The summed E-state index contributed by atoms with van der Waals surface area (Å²) in [4.78, 5) is 25.4. The molecular formula is C31H35NO5. The fourth-order valence-corrected chi connectivity index (χ4v) is 4.53. The van der Waals surface area contributed by atoms with Gasteiger partial charge in [-0.05, 0) is 68.9 Å². The first-order valence-corrected chi connectivity index (χ1v) is 12.8. The second kappa shape index (κ2) is 12.0. The molecule has 0 saturated carbocycles. The molecule has 1 heterocycles. The summed E-state index contributed by atoms with van der Waals surface area (Å²) in [5.41, 5.74) is 2.65. The largest absolute Gasteiger partial charge is 0.489 e. The summed E-state index contributed by atoms with van der Waals surface area (Å²) in [6.45, 7) is 5.90. The normalized spacial score (nSPS) is 19.2. The van der Waals surface area contributed by atoms with E-state index in [4.69, 9.17) is 14.2 Å². The molecular weight excluding hydrogens is 466 g/mol. The van der Waals surface area contributed by atoms with E-state index in [1.54, 1.807) is 20.8 Å². The smallest absolute Gasteiger partial charge is 0.410 e. The number of nitrogens with one attached hydrogen (secondary N) is 1. The monoisotopic (exact) mass is 501 g/mol. The number of carbonyl (C=O) groups is 2. The minimum atomic E-state index is -0.732. The third kappa shape index (κ3) is 7.84. The highest BCUT2D eigenvalue weighted by atomic mass is 16.6. The molecule has 1 fully saturated rings. The predicted molar refractivity (Wildman–Crippen MR) is 142 cm³/mol. The first kappa shape index (κ1) is 26.3. The van der Waals surface area contributed by atoms with Crippen molar-refractivity contribution in [3.63, 3.8) is 0 Å². The van der Waals surface area contributed by atoms with Crippen LogP contribution in [0.25, 0.3) is 0 Å². The number of esters is 1. The number of aryl methyl sites for hydroxylation is 1. The molecule has 0 spiro atoms. The number of amides is 1. The van der Waals surface area contributed by atoms with Gasteiger partial charge in [0.15, 0.2) is 6.23 Å². The molecule has 0 radical (unpaired) electrons. The Balaban J connectivity index is 1.43. The summed E-state index contributed by atoms with van der Waals surface area (Å²) in [5, 5.41) is 2.79. The average molecular weight is 502 g/mol. The Labute approximate surface area is 218 Å². The lowest BCUT2D eigenvalue weighted by Gasteiger charge is -2.25. The zero-order valence-corrected chi connectivity index (χ0v) is 21.7. The zero-order valence-electron chi connectivity index (χ0n) is 21.7. The minimum absolute atomic E-state index is 0.186. The molecule has 0 aliphatic carbocycles. The van der Waals surface area contributed by atoms with Crippen LogP contribution in [0.1, 0.15) is 43.9 Å². The van der Waals surface area contributed by atoms with Crippen molar-refractivity contribution in [2.24, 2.45) is 11.8 Å². The molecule has 6 heteroatoms. The maximum atomic E-state index is 13.0. The number of hydrogen-bond donors (Lipinski definition) is 1. The van der Waals surface area contributed by atoms with E-state index >= 15 is 0 Å². The van der Waals surface area contributed by atoms with Crippen LogP contribution < -0.4 is 10.1 Å². The number of cyclic esters (lactones) is 1. The number of rotatable bonds is 9. The Kier molecular flexibility index (Phi) is 8.49. The van der Waals surface area contributed by atoms with Crippen LogP contribution in [0.15, 0.2) is 84.9 Å². The van der Waals surface area contributed by atoms with Crippen LogP contribution in [0.4, 0.5) is 4.79 Å². The van der Waals surface area contributed by atoms with Gasteiger partial charge in [0.05, 0.1) is 5.92 Å². The van der Waals surface area contributed by atoms with E-state index in [0.717, 1.165) is 23.3 Å². The lowest BCUT2D eigenvalue weighted by Crippen LogP contribution is -2.42. The Morgan fingerprint density at radius 1 is 0.865 bits per heavy atom. The summed E-state index contributed by atoms with van der Waals surface area (Å²) < 4.78 is 17.0. The molecule has 3 aromatic rings. The summed E-state index contributed by atoms with van der Waals surface area (Å²) in [6, 6.07) is 27.9. The van der Waals surface area contributed by atoms with Crippen molar-refractivity contribution >= 4 is 12.1 Å². The van der Waals surface area contributed by atoms with Gasteiger partial charge in [0.2, 0.25) is 0 Å². The number of alkyl carbamates (subject to hydrolysis) is 1. The Hall–Kier alpha value is -3.80. The van der Waals surface area contributed by atoms with E-state index in [-0.39, 0.29) is 17.8 Å². The van der Waals surface area contributed by atoms with Gasteiger partial charge in [0.1, 0.15) is 18.0 Å². The molecule has 3 atom stereocenters. The van der Waals surface area contributed by atoms with Crippen molar-refractivity contribution in [2.75, 3.05) is 0 Å². The fourth-order valence-electron chi connectivity index (χ4n) is 4.53. The Bertz CT molecular complexity index is 1160. The van der Waals surface area contributed by atoms with Crippen molar-refractivity contribution in [1.82, 2.24) is 5.32 Å². The highest BCUT2D eigenvalue weighted by molar-refractivity contribution is 5.77. The second-order valence-electron chi connectivity index (χ2n) is 10.4. The van der Waals surface area contributed by atoms with Gasteiger partial charge in [0, 0.05) is 5.92 Å². The minimum Gasteiger partial charge on any atom is -0.489 e. The number of ether oxygens (including phenoxy) is 3. The van der Waals surface area contributed by atoms with Gasteiger partial charge in [-0.3, -0.25) is 10.1 Å². The molecule has 1 saturated heterocycles. The maximum absolute atomic E-state index is 13.0. The molecule has 1 amide bonds. The van der Waals surface area contributed by atoms with Gasteiger partial charge >= 0.3 is 12.1 Å². The van der Waals surface area contributed by atoms with E-state index in [0.29, 0.717) is 19.4 Å². The maximum Gasteiger partial charge on any atom is 0.410 e. The van der Waals surface area contributed by atoms with Crippen LogP contribution in [0.5, 0.6) is 5.75 Å². The highest BCUT2D eigenvalue weighted by Crippen LogP contribution is 2.34. The van der Waals surface area contributed by atoms with Crippen LogP contribution in [0, 0.1) is 11.8 Å². The fraction of sp³-hybridized carbons (Fsp3) is 0.355. The van der Waals surface area contributed by atoms with E-state index in [1.807, 2.05) is 72.8 Å². The van der Waals surface area contributed by atoms with Crippen LogP contribution in [0.3, 0.4) is 0 Å². The van der Waals surface area contributed by atoms with Gasteiger partial charge in [-0.2, -0.15) is 0 Å². The second-order valence-corrected chi connectivity index (χ2v) is 10.4. The molecule has 1 aliphatic heterocycles. The summed E-state index contributed by atoms with van der Waals surface area (Å²) in [7, 11) is 0. The van der Waals surface area contributed by atoms with Crippen molar-refractivity contribution in [3.8, 4) is 5.75 Å². The molecule has 6 nitrogen and oxygen atoms in total. The van der Waals surface area contributed by atoms with E-state index in [2.05, 4.69) is 17.4 Å². The van der Waals surface area contributed by atoms with Crippen molar-refractivity contribution in [3.05, 3.63) is 102 Å². The Morgan fingerprint density at radius 2 is 1.49 bits per heavy atom. The van der Waals surface area contributed by atoms with Crippen molar-refractivity contribution in [2.45, 2.75) is 58.5 Å². The van der Waals surface area contributed by atoms with Gasteiger partial charge < -0.3 is 14.2 Å². The van der Waals surface area contributed by atoms with Gasteiger partial charge in [0.25, 0.3) is 0 Å². The molecule has 194 valence electrons. The van der Waals surface area contributed by atoms with Gasteiger partial charge in [-0.1, -0.05) is 72.8 Å². The van der Waals surface area contributed by atoms with E-state index < -0.39 is 17.9 Å². The zero-order chi connectivity index (χ0) is 26.3. The lowest BCUT2D eigenvalue weighted by atomic mass is 9.84. The van der Waals surface area contributed by atoms with Crippen molar-refractivity contribution in [1.29, 1.82) is 0 Å². The first-order valence-electron chi connectivity index (χ1n) is 12.8. The molecule has 1 aliphatic rings. The van der Waals surface area contributed by atoms with Crippen molar-refractivity contribution < 1.29 is 23.8 Å². The summed E-state index contributed by atoms with van der Waals surface area (Å²) >= 11 is 0. The van der Waals surface area contributed by atoms with E-state index in [9.17, 15) is 9.59 Å². The topological polar surface area (TPSA) is 73.9 Å². The predicted octanol–water partition coefficient (Wildman–Crippen LogP) is 6.08. The molecule has 37 heavy (non-hydrogen) atoms. The average Bonchev–Trinajstić information content (AvgIpc) is 3.15. The van der Waals surface area contributed by atoms with E-state index in [1.165, 1.54) is 5.56 Å². The number of hydrogen-bond acceptors (Lipinski definition) is 5. The summed E-state index contributed by atoms with van der Waals surface area (Å²) in [6.07, 6.45) is 0.667.